The molecule has 0 aliphatic carbocycles. The lowest BCUT2D eigenvalue weighted by atomic mass is 9.93. The van der Waals surface area contributed by atoms with Crippen LogP contribution in [0.5, 0.6) is 0 Å². The Labute approximate surface area is 350 Å². The quantitative estimate of drug-likeness (QED) is 0.150. The highest BCUT2D eigenvalue weighted by Gasteiger charge is 2.25. The van der Waals surface area contributed by atoms with Gasteiger partial charge < -0.3 is 9.47 Å². The summed E-state index contributed by atoms with van der Waals surface area (Å²) in [6.45, 7) is 0. The third-order valence-electron chi connectivity index (χ3n) is 11.8. The van der Waals surface area contributed by atoms with Gasteiger partial charge in [-0.1, -0.05) is 200 Å². The third kappa shape index (κ3) is 6.06. The number of hydrogen-bond donors (Lipinski definition) is 0. The number of rotatable bonds is 8. The van der Waals surface area contributed by atoms with E-state index in [0.717, 1.165) is 39.3 Å². The fourth-order valence-electron chi connectivity index (χ4n) is 9.14. The van der Waals surface area contributed by atoms with Crippen molar-refractivity contribution in [2.24, 2.45) is 0 Å². The summed E-state index contributed by atoms with van der Waals surface area (Å²) in [6.07, 6.45) is 0. The van der Waals surface area contributed by atoms with E-state index in [0.29, 0.717) is 0 Å². The summed E-state index contributed by atoms with van der Waals surface area (Å²) in [6, 6.07) is 87.9. The summed E-state index contributed by atoms with van der Waals surface area (Å²) in [7, 11) is 0. The molecular formula is C58H40N2. The predicted octanol–water partition coefficient (Wildman–Crippen LogP) is 16.1. The molecule has 10 aromatic carbocycles. The Balaban J connectivity index is 1.21. The number of para-hydroxylation sites is 3. The summed E-state index contributed by atoms with van der Waals surface area (Å²) < 4.78 is 2.47. The molecule has 0 atom stereocenters. The number of hydrogen-bond acceptors (Lipinski definition) is 1. The van der Waals surface area contributed by atoms with Gasteiger partial charge in [0.1, 0.15) is 0 Å². The van der Waals surface area contributed by atoms with Crippen LogP contribution in [0.4, 0.5) is 17.1 Å². The molecule has 1 heterocycles. The van der Waals surface area contributed by atoms with Crippen LogP contribution in [0.15, 0.2) is 243 Å². The zero-order valence-corrected chi connectivity index (χ0v) is 33.0. The fraction of sp³-hybridized carbons (Fsp3) is 0. The van der Waals surface area contributed by atoms with Gasteiger partial charge in [-0.2, -0.15) is 0 Å². The first-order valence-corrected chi connectivity index (χ1v) is 20.6. The van der Waals surface area contributed by atoms with Crippen molar-refractivity contribution in [1.29, 1.82) is 0 Å². The molecule has 0 bridgehead atoms. The van der Waals surface area contributed by atoms with E-state index >= 15 is 0 Å². The summed E-state index contributed by atoms with van der Waals surface area (Å²) in [5, 5.41) is 4.86. The maximum absolute atomic E-state index is 2.49. The molecule has 11 rings (SSSR count). The summed E-state index contributed by atoms with van der Waals surface area (Å²) in [5.41, 5.74) is 16.2. The van der Waals surface area contributed by atoms with Crippen molar-refractivity contribution in [1.82, 2.24) is 4.57 Å². The number of nitrogens with zero attached hydrogens (tertiary/aromatic N) is 2. The molecule has 1 aromatic heterocycles. The molecule has 0 amide bonds. The average Bonchev–Trinajstić information content (AvgIpc) is 3.67. The van der Waals surface area contributed by atoms with Gasteiger partial charge in [0.25, 0.3) is 0 Å². The van der Waals surface area contributed by atoms with Crippen molar-refractivity contribution in [3.8, 4) is 50.2 Å². The molecule has 2 nitrogen and oxygen atoms in total. The van der Waals surface area contributed by atoms with Crippen molar-refractivity contribution in [3.63, 3.8) is 0 Å². The molecule has 0 aliphatic heterocycles. The summed E-state index contributed by atoms with van der Waals surface area (Å²) in [4.78, 5) is 2.49. The highest BCUT2D eigenvalue weighted by atomic mass is 15.2. The number of fused-ring (bicyclic) bond motifs is 4. The van der Waals surface area contributed by atoms with Gasteiger partial charge >= 0.3 is 0 Å². The fourth-order valence-corrected chi connectivity index (χ4v) is 9.14. The smallest absolute Gasteiger partial charge is 0.0562 e. The Bertz CT molecular complexity index is 3300. The van der Waals surface area contributed by atoms with E-state index in [1.165, 1.54) is 60.5 Å². The van der Waals surface area contributed by atoms with E-state index in [1.54, 1.807) is 0 Å². The Hall–Kier alpha value is -7.94. The van der Waals surface area contributed by atoms with E-state index in [-0.39, 0.29) is 0 Å². The first-order chi connectivity index (χ1) is 29.8. The SMILES string of the molecule is c1ccc(-c2ccc(N(c3ccccc3-c3ccccc3)c3cccc4c3c3ccccc3n4-c3ccccc3-c3cccc4ccccc34)cc2-c2ccccc2)cc1. The molecule has 0 radical (unpaired) electrons. The Morgan fingerprint density at radius 1 is 0.300 bits per heavy atom. The monoisotopic (exact) mass is 764 g/mol. The van der Waals surface area contributed by atoms with Crippen LogP contribution >= 0.6 is 0 Å². The van der Waals surface area contributed by atoms with Gasteiger partial charge in [-0.15, -0.1) is 0 Å². The number of anilines is 3. The van der Waals surface area contributed by atoms with E-state index < -0.39 is 0 Å². The van der Waals surface area contributed by atoms with E-state index in [2.05, 4.69) is 252 Å². The van der Waals surface area contributed by atoms with E-state index in [1.807, 2.05) is 0 Å². The summed E-state index contributed by atoms with van der Waals surface area (Å²) >= 11 is 0. The maximum atomic E-state index is 2.49. The first kappa shape index (κ1) is 35.2. The zero-order valence-electron chi connectivity index (χ0n) is 33.0. The minimum absolute atomic E-state index is 1.08. The standard InChI is InChI=1S/C58H40N2/c1-4-20-41(21-5-1)47-39-38-45(40-52(47)44-24-8-3-9-25-44)59(53-33-15-12-29-48(53)43-22-6-2-7-23-43)56-36-19-37-57-58(56)51-31-14-17-35-55(51)60(57)54-34-16-13-30-50(54)49-32-18-27-42-26-10-11-28-46(42)49/h1-40H. The normalized spacial score (nSPS) is 11.3. The number of aromatic nitrogens is 1. The molecule has 0 saturated carbocycles. The van der Waals surface area contributed by atoms with Crippen LogP contribution in [0.1, 0.15) is 0 Å². The van der Waals surface area contributed by atoms with Gasteiger partial charge in [-0.25, -0.2) is 0 Å². The molecule has 0 aliphatic rings. The van der Waals surface area contributed by atoms with Gasteiger partial charge in [0.15, 0.2) is 0 Å². The van der Waals surface area contributed by atoms with Crippen LogP contribution in [-0.2, 0) is 0 Å². The van der Waals surface area contributed by atoms with E-state index in [9.17, 15) is 0 Å². The predicted molar refractivity (Wildman–Crippen MR) is 255 cm³/mol. The molecule has 60 heavy (non-hydrogen) atoms. The van der Waals surface area contributed by atoms with Crippen LogP contribution < -0.4 is 4.90 Å². The lowest BCUT2D eigenvalue weighted by Gasteiger charge is -2.29. The molecule has 11 aromatic rings. The molecule has 0 unspecified atom stereocenters. The minimum atomic E-state index is 1.08. The second-order valence-electron chi connectivity index (χ2n) is 15.2. The van der Waals surface area contributed by atoms with Crippen LogP contribution in [0, 0.1) is 0 Å². The Morgan fingerprint density at radius 2 is 0.817 bits per heavy atom. The highest BCUT2D eigenvalue weighted by Crippen LogP contribution is 2.48. The molecule has 0 N–H and O–H groups in total. The largest absolute Gasteiger partial charge is 0.309 e. The van der Waals surface area contributed by atoms with Crippen LogP contribution in [-0.4, -0.2) is 4.57 Å². The van der Waals surface area contributed by atoms with Crippen molar-refractivity contribution in [2.75, 3.05) is 4.90 Å². The van der Waals surface area contributed by atoms with Gasteiger partial charge in [0.05, 0.1) is 28.1 Å². The zero-order chi connectivity index (χ0) is 39.8. The van der Waals surface area contributed by atoms with Gasteiger partial charge in [-0.3, -0.25) is 0 Å². The average molecular weight is 765 g/mol. The molecule has 0 fully saturated rings. The van der Waals surface area contributed by atoms with Crippen LogP contribution in [0.3, 0.4) is 0 Å². The second kappa shape index (κ2) is 15.1. The first-order valence-electron chi connectivity index (χ1n) is 20.6. The summed E-state index contributed by atoms with van der Waals surface area (Å²) in [5.74, 6) is 0. The van der Waals surface area contributed by atoms with Crippen molar-refractivity contribution in [2.45, 2.75) is 0 Å². The molecule has 282 valence electrons. The highest BCUT2D eigenvalue weighted by molar-refractivity contribution is 6.17. The van der Waals surface area contributed by atoms with Crippen LogP contribution in [0.2, 0.25) is 0 Å². The maximum Gasteiger partial charge on any atom is 0.0562 e. The van der Waals surface area contributed by atoms with Crippen molar-refractivity contribution < 1.29 is 0 Å². The van der Waals surface area contributed by atoms with Crippen molar-refractivity contribution in [3.05, 3.63) is 243 Å². The topological polar surface area (TPSA) is 8.17 Å². The van der Waals surface area contributed by atoms with Crippen LogP contribution in [0.25, 0.3) is 82.8 Å². The second-order valence-corrected chi connectivity index (χ2v) is 15.2. The lowest BCUT2D eigenvalue weighted by Crippen LogP contribution is -2.12. The van der Waals surface area contributed by atoms with Gasteiger partial charge in [0, 0.05) is 27.6 Å². The molecule has 0 spiro atoms. The molecule has 0 saturated heterocycles. The minimum Gasteiger partial charge on any atom is -0.309 e. The van der Waals surface area contributed by atoms with Gasteiger partial charge in [-0.05, 0) is 86.6 Å². The van der Waals surface area contributed by atoms with Gasteiger partial charge in [0.2, 0.25) is 0 Å². The molecule has 2 heteroatoms. The molecular weight excluding hydrogens is 725 g/mol. The number of benzene rings is 10. The van der Waals surface area contributed by atoms with Crippen molar-refractivity contribution >= 4 is 49.6 Å². The Morgan fingerprint density at radius 3 is 1.58 bits per heavy atom. The lowest BCUT2D eigenvalue weighted by molar-refractivity contribution is 1.18. The Kier molecular flexibility index (Phi) is 8.87. The third-order valence-corrected chi connectivity index (χ3v) is 11.8. The van der Waals surface area contributed by atoms with E-state index in [4.69, 9.17) is 0 Å².